The molecule has 0 radical (unpaired) electrons. The minimum Gasteiger partial charge on any atom is -0.481 e. The molecule has 61 heavy (non-hydrogen) atoms. The number of amides is 1. The molecule has 0 aromatic heterocycles. The number of nitrogens with two attached hydrogens (primary N) is 1. The summed E-state index contributed by atoms with van der Waals surface area (Å²) < 4.78 is 28.2. The van der Waals surface area contributed by atoms with Crippen molar-refractivity contribution in [1.82, 2.24) is 15.1 Å². The van der Waals surface area contributed by atoms with Crippen molar-refractivity contribution in [3.63, 3.8) is 0 Å². The summed E-state index contributed by atoms with van der Waals surface area (Å²) in [6.07, 6.45) is 5.26. The molecule has 4 aromatic carbocycles. The van der Waals surface area contributed by atoms with Crippen LogP contribution in [-0.2, 0) is 35.5 Å². The number of nitrogens with one attached hydrogen (secondary N) is 1. The van der Waals surface area contributed by atoms with E-state index >= 15 is 0 Å². The molecule has 4 heterocycles. The Morgan fingerprint density at radius 1 is 0.689 bits per heavy atom. The Bertz CT molecular complexity index is 2210. The van der Waals surface area contributed by atoms with Crippen molar-refractivity contribution in [2.45, 2.75) is 51.6 Å². The molecule has 0 saturated carbocycles. The minimum absolute atomic E-state index is 0.0474. The quantitative estimate of drug-likeness (QED) is 0.181. The van der Waals surface area contributed by atoms with Crippen LogP contribution in [0.1, 0.15) is 59.1 Å². The number of benzene rings is 4. The van der Waals surface area contributed by atoms with Crippen LogP contribution < -0.4 is 20.9 Å². The van der Waals surface area contributed by atoms with Gasteiger partial charge in [-0.3, -0.25) is 19.4 Å². The summed E-state index contributed by atoms with van der Waals surface area (Å²) >= 11 is 0. The smallest absolute Gasteiger partial charge is 0.308 e. The largest absolute Gasteiger partial charge is 0.481 e. The number of anilines is 2. The summed E-state index contributed by atoms with van der Waals surface area (Å²) in [6.45, 7) is 9.63. The lowest BCUT2D eigenvalue weighted by Gasteiger charge is -2.34. The number of halogens is 2. The van der Waals surface area contributed by atoms with Crippen LogP contribution >= 0.6 is 0 Å². The number of rotatable bonds is 9. The van der Waals surface area contributed by atoms with Crippen LogP contribution in [0.25, 0.3) is 0 Å². The molecule has 320 valence electrons. The molecule has 4 aromatic rings. The molecule has 2 saturated heterocycles. The molecule has 2 fully saturated rings. The number of carboxylic acids is 1. The highest BCUT2D eigenvalue weighted by Gasteiger charge is 2.28. The first-order valence-corrected chi connectivity index (χ1v) is 21.3. The highest BCUT2D eigenvalue weighted by atomic mass is 19.1. The molecule has 0 aliphatic carbocycles. The first-order valence-electron chi connectivity index (χ1n) is 21.3. The van der Waals surface area contributed by atoms with Crippen molar-refractivity contribution in [3.8, 4) is 12.1 Å². The normalized spacial score (nSPS) is 18.7. The monoisotopic (exact) mass is 830 g/mol. The van der Waals surface area contributed by atoms with Crippen LogP contribution in [0.15, 0.2) is 84.9 Å². The van der Waals surface area contributed by atoms with Gasteiger partial charge in [-0.2, -0.15) is 10.5 Å². The van der Waals surface area contributed by atoms with E-state index in [-0.39, 0.29) is 17.4 Å². The van der Waals surface area contributed by atoms with E-state index in [2.05, 4.69) is 63.6 Å². The molecule has 4 aliphatic heterocycles. The number of carbonyl (C=O) groups is 2. The van der Waals surface area contributed by atoms with Crippen molar-refractivity contribution >= 4 is 23.3 Å². The molecule has 11 nitrogen and oxygen atoms in total. The van der Waals surface area contributed by atoms with Crippen LogP contribution in [0.5, 0.6) is 0 Å². The number of fused-ring (bicyclic) bond motifs is 2. The van der Waals surface area contributed by atoms with Gasteiger partial charge in [0, 0.05) is 78.5 Å². The fraction of sp³-hybridized carbons (Fsp3) is 0.417. The molecule has 1 amide bonds. The first-order chi connectivity index (χ1) is 29.6. The minimum atomic E-state index is -0.839. The third-order valence-electron chi connectivity index (χ3n) is 12.0. The molecule has 2 unspecified atom stereocenters. The van der Waals surface area contributed by atoms with E-state index in [1.807, 2.05) is 17.0 Å². The first kappa shape index (κ1) is 44.7. The van der Waals surface area contributed by atoms with E-state index in [1.54, 1.807) is 23.1 Å². The second kappa shape index (κ2) is 22.1. The van der Waals surface area contributed by atoms with Crippen molar-refractivity contribution in [3.05, 3.63) is 130 Å². The zero-order chi connectivity index (χ0) is 43.1. The third-order valence-corrected chi connectivity index (χ3v) is 12.0. The van der Waals surface area contributed by atoms with Gasteiger partial charge in [0.1, 0.15) is 11.6 Å². The predicted molar refractivity (Wildman–Crippen MR) is 233 cm³/mol. The van der Waals surface area contributed by atoms with Gasteiger partial charge in [-0.15, -0.1) is 0 Å². The van der Waals surface area contributed by atoms with Gasteiger partial charge in [0.15, 0.2) is 0 Å². The molecular weight excluding hydrogens is 775 g/mol. The molecular formula is C48H56F2N8O3. The van der Waals surface area contributed by atoms with Crippen LogP contribution in [0.2, 0.25) is 0 Å². The van der Waals surface area contributed by atoms with Crippen molar-refractivity contribution in [2.24, 2.45) is 17.6 Å². The van der Waals surface area contributed by atoms with Gasteiger partial charge in [0.25, 0.3) is 0 Å². The van der Waals surface area contributed by atoms with E-state index < -0.39 is 23.5 Å². The van der Waals surface area contributed by atoms with E-state index in [0.29, 0.717) is 49.5 Å². The van der Waals surface area contributed by atoms with Gasteiger partial charge < -0.3 is 26.0 Å². The van der Waals surface area contributed by atoms with E-state index in [1.165, 1.54) is 46.9 Å². The van der Waals surface area contributed by atoms with Gasteiger partial charge >= 0.3 is 5.97 Å². The Morgan fingerprint density at radius 3 is 1.64 bits per heavy atom. The molecule has 0 spiro atoms. The summed E-state index contributed by atoms with van der Waals surface area (Å²) in [5, 5.41) is 29.7. The lowest BCUT2D eigenvalue weighted by Crippen LogP contribution is -2.45. The number of piperidine rings is 2. The van der Waals surface area contributed by atoms with E-state index in [9.17, 15) is 18.4 Å². The molecule has 4 N–H and O–H groups in total. The number of aliphatic carboxylic acids is 1. The molecule has 4 aliphatic rings. The third kappa shape index (κ3) is 12.4. The van der Waals surface area contributed by atoms with Gasteiger partial charge in [-0.05, 0) is 97.2 Å². The maximum absolute atomic E-state index is 14.4. The summed E-state index contributed by atoms with van der Waals surface area (Å²) in [4.78, 5) is 32.1. The number of carboxylic acid groups (broad SMARTS) is 1. The average molecular weight is 831 g/mol. The zero-order valence-corrected chi connectivity index (χ0v) is 34.7. The number of nitriles is 2. The summed E-state index contributed by atoms with van der Waals surface area (Å²) in [5.74, 6) is -2.26. The lowest BCUT2D eigenvalue weighted by atomic mass is 9.96. The van der Waals surface area contributed by atoms with E-state index in [0.717, 1.165) is 78.0 Å². The number of hydrogen-bond acceptors (Lipinski definition) is 9. The van der Waals surface area contributed by atoms with Gasteiger partial charge in [-0.25, -0.2) is 8.78 Å². The Morgan fingerprint density at radius 2 is 1.16 bits per heavy atom. The standard InChI is InChI=1S/C24H27FN4O.C13H13FN2O2.C11H16N2/c25-22-14-18(15-26)7-8-23(22)29-11-3-6-21(17-29)24(30)27-10-13-28-12-9-19-4-1-2-5-20(19)16-28;14-11-6-9(7-15)3-4-12(11)16-5-1-2-10(8-16)13(17)18;12-6-8-13-7-5-10-3-1-2-4-11(10)9-13/h1-2,4-5,7-8,14,21H,3,6,9-13,16-17H2,(H,27,30);3-4,6,10H,1-2,5,8H2,(H,17,18);1-4H,5-9,12H2. The Hall–Kier alpha value is -5.86. The average Bonchev–Trinajstić information content (AvgIpc) is 3.29. The second-order valence-corrected chi connectivity index (χ2v) is 16.1. The fourth-order valence-corrected chi connectivity index (χ4v) is 8.63. The lowest BCUT2D eigenvalue weighted by molar-refractivity contribution is -0.142. The summed E-state index contributed by atoms with van der Waals surface area (Å²) in [6, 6.07) is 29.8. The molecule has 2 atom stereocenters. The number of nitrogens with zero attached hydrogens (tertiary/aromatic N) is 6. The fourth-order valence-electron chi connectivity index (χ4n) is 8.63. The summed E-state index contributed by atoms with van der Waals surface area (Å²) in [7, 11) is 0. The van der Waals surface area contributed by atoms with Crippen molar-refractivity contribution < 1.29 is 23.5 Å². The highest BCUT2D eigenvalue weighted by Crippen LogP contribution is 2.28. The van der Waals surface area contributed by atoms with Gasteiger partial charge in [0.2, 0.25) is 5.91 Å². The van der Waals surface area contributed by atoms with Crippen LogP contribution in [0.4, 0.5) is 20.2 Å². The Kier molecular flexibility index (Phi) is 16.2. The van der Waals surface area contributed by atoms with Crippen molar-refractivity contribution in [1.29, 1.82) is 10.5 Å². The van der Waals surface area contributed by atoms with Crippen LogP contribution in [-0.4, -0.2) is 92.2 Å². The molecule has 8 rings (SSSR count). The van der Waals surface area contributed by atoms with Gasteiger partial charge in [0.05, 0.1) is 46.5 Å². The zero-order valence-electron chi connectivity index (χ0n) is 34.7. The Balaban J connectivity index is 0.000000170. The topological polar surface area (TPSA) is 153 Å². The second-order valence-electron chi connectivity index (χ2n) is 16.1. The van der Waals surface area contributed by atoms with E-state index in [4.69, 9.17) is 21.4 Å². The predicted octanol–water partition coefficient (Wildman–Crippen LogP) is 6.09. The molecule has 0 bridgehead atoms. The SMILES string of the molecule is N#Cc1ccc(N2CCCC(C(=O)NCCN3CCc4ccccc4C3)C2)c(F)c1.N#Cc1ccc(N2CCCC(C(=O)O)C2)c(F)c1.NCCN1CCc2ccccc2C1. The summed E-state index contributed by atoms with van der Waals surface area (Å²) in [5.41, 5.74) is 12.7. The van der Waals surface area contributed by atoms with Crippen molar-refractivity contribution in [2.75, 3.05) is 75.2 Å². The maximum atomic E-state index is 14.4. The van der Waals surface area contributed by atoms with Crippen LogP contribution in [0.3, 0.4) is 0 Å². The molecule has 13 heteroatoms. The number of carbonyl (C=O) groups excluding carboxylic acids is 1. The number of hydrogen-bond donors (Lipinski definition) is 3. The van der Waals surface area contributed by atoms with Crippen LogP contribution in [0, 0.1) is 46.1 Å². The van der Waals surface area contributed by atoms with Gasteiger partial charge in [-0.1, -0.05) is 48.5 Å². The Labute approximate surface area is 358 Å². The highest BCUT2D eigenvalue weighted by molar-refractivity contribution is 5.79. The maximum Gasteiger partial charge on any atom is 0.308 e.